The second kappa shape index (κ2) is 5.36. The molecular weight excluding hydrogens is 242 g/mol. The van der Waals surface area contributed by atoms with Crippen LogP contribution in [0.4, 0.5) is 0 Å². The lowest BCUT2D eigenvalue weighted by atomic mass is 9.92. The van der Waals surface area contributed by atoms with Crippen LogP contribution in [0.3, 0.4) is 0 Å². The van der Waals surface area contributed by atoms with Crippen LogP contribution in [0.2, 0.25) is 0 Å². The van der Waals surface area contributed by atoms with Crippen LogP contribution in [-0.2, 0) is 7.05 Å². The Bertz CT molecular complexity index is 640. The second-order valence-electron chi connectivity index (χ2n) is 4.07. The lowest BCUT2D eigenvalue weighted by Crippen LogP contribution is -2.11. The number of rotatable bonds is 4. The molecule has 1 aromatic heterocycles. The Kier molecular flexibility index (Phi) is 3.62. The summed E-state index contributed by atoms with van der Waals surface area (Å²) in [5.41, 5.74) is 0.987. The molecule has 0 aliphatic rings. The normalized spacial score (nSPS) is 11.6. The first-order valence-electron chi connectivity index (χ1n) is 5.72. The number of hydrogen-bond donors (Lipinski definition) is 0. The van der Waals surface area contributed by atoms with Gasteiger partial charge in [-0.05, 0) is 6.07 Å². The Morgan fingerprint density at radius 3 is 2.79 bits per heavy atom. The maximum atomic E-state index is 12.3. The van der Waals surface area contributed by atoms with Crippen molar-refractivity contribution in [1.29, 1.82) is 5.26 Å². The summed E-state index contributed by atoms with van der Waals surface area (Å²) < 4.78 is 6.73. The molecule has 0 amide bonds. The Morgan fingerprint density at radius 2 is 2.21 bits per heavy atom. The summed E-state index contributed by atoms with van der Waals surface area (Å²) >= 11 is 0. The van der Waals surface area contributed by atoms with Gasteiger partial charge >= 0.3 is 0 Å². The van der Waals surface area contributed by atoms with Crippen molar-refractivity contribution in [3.63, 3.8) is 0 Å². The third-order valence-electron chi connectivity index (χ3n) is 2.83. The maximum absolute atomic E-state index is 12.3. The highest BCUT2D eigenvalue weighted by Crippen LogP contribution is 2.28. The molecule has 0 radical (unpaired) electrons. The standard InChI is InChI=1S/C14H13N3O2/c1-17-9-10(8-16-17)14(18)12(7-15)11-5-3-4-6-13(11)19-2/h3-6,8-9,12H,1-2H3. The number of benzene rings is 1. The quantitative estimate of drug-likeness (QED) is 0.783. The van der Waals surface area contributed by atoms with Gasteiger partial charge in [-0.15, -0.1) is 0 Å². The van der Waals surface area contributed by atoms with Gasteiger partial charge in [0.1, 0.15) is 11.7 Å². The first-order chi connectivity index (χ1) is 9.17. The van der Waals surface area contributed by atoms with Crippen molar-refractivity contribution < 1.29 is 9.53 Å². The molecule has 0 aliphatic heterocycles. The number of carbonyl (C=O) groups excluding carboxylic acids is 1. The molecule has 1 atom stereocenters. The van der Waals surface area contributed by atoms with Crippen LogP contribution < -0.4 is 4.74 Å². The molecule has 0 aliphatic carbocycles. The van der Waals surface area contributed by atoms with Crippen molar-refractivity contribution in [2.75, 3.05) is 7.11 Å². The molecule has 5 heteroatoms. The molecule has 0 saturated heterocycles. The van der Waals surface area contributed by atoms with Crippen LogP contribution in [0, 0.1) is 11.3 Å². The zero-order chi connectivity index (χ0) is 13.8. The number of methoxy groups -OCH3 is 1. The van der Waals surface area contributed by atoms with E-state index >= 15 is 0 Å². The summed E-state index contributed by atoms with van der Waals surface area (Å²) in [6.45, 7) is 0. The summed E-state index contributed by atoms with van der Waals surface area (Å²) in [6, 6.07) is 9.06. The number of ether oxygens (including phenoxy) is 1. The van der Waals surface area contributed by atoms with Gasteiger partial charge in [-0.25, -0.2) is 0 Å². The maximum Gasteiger partial charge on any atom is 0.187 e. The zero-order valence-corrected chi connectivity index (χ0v) is 10.7. The zero-order valence-electron chi connectivity index (χ0n) is 10.7. The molecule has 2 rings (SSSR count). The van der Waals surface area contributed by atoms with Gasteiger partial charge in [0, 0.05) is 18.8 Å². The van der Waals surface area contributed by atoms with Gasteiger partial charge in [-0.1, -0.05) is 18.2 Å². The van der Waals surface area contributed by atoms with E-state index in [4.69, 9.17) is 4.74 Å². The molecule has 0 N–H and O–H groups in total. The Morgan fingerprint density at radius 1 is 1.47 bits per heavy atom. The topological polar surface area (TPSA) is 67.9 Å². The number of nitriles is 1. The second-order valence-corrected chi connectivity index (χ2v) is 4.07. The van der Waals surface area contributed by atoms with Gasteiger partial charge in [0.05, 0.1) is 24.9 Å². The highest BCUT2D eigenvalue weighted by Gasteiger charge is 2.25. The number of ketones is 1. The summed E-state index contributed by atoms with van der Waals surface area (Å²) in [5, 5.41) is 13.2. The van der Waals surface area contributed by atoms with Crippen LogP contribution in [0.1, 0.15) is 21.8 Å². The number of aromatic nitrogens is 2. The predicted molar refractivity (Wildman–Crippen MR) is 68.9 cm³/mol. The van der Waals surface area contributed by atoms with Gasteiger partial charge in [-0.3, -0.25) is 9.48 Å². The van der Waals surface area contributed by atoms with Crippen molar-refractivity contribution in [2.24, 2.45) is 7.05 Å². The molecule has 0 spiro atoms. The molecule has 96 valence electrons. The lowest BCUT2D eigenvalue weighted by molar-refractivity contribution is 0.0977. The molecule has 0 saturated carbocycles. The Hall–Kier alpha value is -2.61. The number of para-hydroxylation sites is 1. The molecular formula is C14H13N3O2. The fourth-order valence-electron chi connectivity index (χ4n) is 1.89. The van der Waals surface area contributed by atoms with E-state index in [1.54, 1.807) is 37.5 Å². The van der Waals surface area contributed by atoms with Gasteiger partial charge in [0.15, 0.2) is 5.78 Å². The lowest BCUT2D eigenvalue weighted by Gasteiger charge is -2.11. The number of aryl methyl sites for hydroxylation is 1. The SMILES string of the molecule is COc1ccccc1C(C#N)C(=O)c1cnn(C)c1. The molecule has 0 bridgehead atoms. The molecule has 1 aromatic carbocycles. The predicted octanol–water partition coefficient (Wildman–Crippen LogP) is 1.92. The van der Waals surface area contributed by atoms with E-state index < -0.39 is 5.92 Å². The minimum atomic E-state index is -0.889. The third-order valence-corrected chi connectivity index (χ3v) is 2.83. The average Bonchev–Trinajstić information content (AvgIpc) is 2.86. The molecule has 2 aromatic rings. The van der Waals surface area contributed by atoms with Crippen LogP contribution >= 0.6 is 0 Å². The number of nitrogens with zero attached hydrogens (tertiary/aromatic N) is 3. The van der Waals surface area contributed by atoms with Gasteiger partial charge in [0.2, 0.25) is 0 Å². The number of carbonyl (C=O) groups is 1. The van der Waals surface area contributed by atoms with E-state index in [9.17, 15) is 10.1 Å². The smallest absolute Gasteiger partial charge is 0.187 e. The fraction of sp³-hybridized carbons (Fsp3) is 0.214. The van der Waals surface area contributed by atoms with Crippen molar-refractivity contribution in [3.05, 3.63) is 47.8 Å². The number of hydrogen-bond acceptors (Lipinski definition) is 4. The molecule has 1 unspecified atom stereocenters. The van der Waals surface area contributed by atoms with E-state index in [0.29, 0.717) is 16.9 Å². The summed E-state index contributed by atoms with van der Waals surface area (Å²) in [4.78, 5) is 12.3. The Balaban J connectivity index is 2.40. The third kappa shape index (κ3) is 2.47. The summed E-state index contributed by atoms with van der Waals surface area (Å²) in [6.07, 6.45) is 3.06. The van der Waals surface area contributed by atoms with Crippen LogP contribution in [0.25, 0.3) is 0 Å². The molecule has 1 heterocycles. The molecule has 0 fully saturated rings. The van der Waals surface area contributed by atoms with Gasteiger partial charge in [-0.2, -0.15) is 10.4 Å². The first kappa shape index (κ1) is 12.8. The summed E-state index contributed by atoms with van der Waals surface area (Å²) in [7, 11) is 3.24. The minimum absolute atomic E-state index is 0.278. The van der Waals surface area contributed by atoms with Crippen molar-refractivity contribution in [3.8, 4) is 11.8 Å². The molecule has 19 heavy (non-hydrogen) atoms. The largest absolute Gasteiger partial charge is 0.496 e. The first-order valence-corrected chi connectivity index (χ1v) is 5.72. The minimum Gasteiger partial charge on any atom is -0.496 e. The fourth-order valence-corrected chi connectivity index (χ4v) is 1.89. The monoisotopic (exact) mass is 255 g/mol. The van der Waals surface area contributed by atoms with Crippen LogP contribution in [0.15, 0.2) is 36.7 Å². The highest BCUT2D eigenvalue weighted by molar-refractivity contribution is 6.02. The Labute approximate surface area is 111 Å². The van der Waals surface area contributed by atoms with E-state index in [2.05, 4.69) is 5.10 Å². The van der Waals surface area contributed by atoms with E-state index in [-0.39, 0.29) is 5.78 Å². The summed E-state index contributed by atoms with van der Waals surface area (Å²) in [5.74, 6) is -0.633. The van der Waals surface area contributed by atoms with Gasteiger partial charge < -0.3 is 4.74 Å². The van der Waals surface area contributed by atoms with Crippen molar-refractivity contribution >= 4 is 5.78 Å². The average molecular weight is 255 g/mol. The van der Waals surface area contributed by atoms with Crippen molar-refractivity contribution in [2.45, 2.75) is 5.92 Å². The van der Waals surface area contributed by atoms with Gasteiger partial charge in [0.25, 0.3) is 0 Å². The van der Waals surface area contributed by atoms with Crippen LogP contribution in [-0.4, -0.2) is 22.7 Å². The van der Waals surface area contributed by atoms with E-state index in [1.807, 2.05) is 6.07 Å². The highest BCUT2D eigenvalue weighted by atomic mass is 16.5. The van der Waals surface area contributed by atoms with E-state index in [1.165, 1.54) is 18.0 Å². The molecule has 5 nitrogen and oxygen atoms in total. The van der Waals surface area contributed by atoms with Crippen molar-refractivity contribution in [1.82, 2.24) is 9.78 Å². The van der Waals surface area contributed by atoms with E-state index in [0.717, 1.165) is 0 Å². The number of Topliss-reactive ketones (excluding diaryl/α,β-unsaturated/α-hetero) is 1. The van der Waals surface area contributed by atoms with Crippen LogP contribution in [0.5, 0.6) is 5.75 Å².